The molecule has 1 N–H and O–H groups in total. The van der Waals surface area contributed by atoms with E-state index >= 15 is 0 Å². The molecule has 0 radical (unpaired) electrons. The average Bonchev–Trinajstić information content (AvgIpc) is 2.74. The van der Waals surface area contributed by atoms with E-state index in [4.69, 9.17) is 0 Å². The molecule has 1 aliphatic heterocycles. The van der Waals surface area contributed by atoms with Gasteiger partial charge in [0.1, 0.15) is 6.04 Å². The van der Waals surface area contributed by atoms with Crippen molar-refractivity contribution in [3.8, 4) is 0 Å². The number of anilines is 1. The smallest absolute Gasteiger partial charge is 0.244 e. The van der Waals surface area contributed by atoms with Crippen LogP contribution in [-0.2, 0) is 27.8 Å². The van der Waals surface area contributed by atoms with Crippen molar-refractivity contribution in [3.05, 3.63) is 96.1 Å². The zero-order chi connectivity index (χ0) is 19.6. The van der Waals surface area contributed by atoms with Crippen molar-refractivity contribution < 1.29 is 13.2 Å². The summed E-state index contributed by atoms with van der Waals surface area (Å²) in [7, 11) is -3.82. The molecule has 0 aromatic heterocycles. The molecule has 0 spiro atoms. The van der Waals surface area contributed by atoms with Gasteiger partial charge in [0, 0.05) is 12.2 Å². The highest BCUT2D eigenvalue weighted by atomic mass is 32.2. The number of nitrogens with one attached hydrogen (secondary N) is 1. The van der Waals surface area contributed by atoms with Crippen LogP contribution in [0.2, 0.25) is 0 Å². The molecule has 1 atom stereocenters. The fourth-order valence-electron chi connectivity index (χ4n) is 3.45. The van der Waals surface area contributed by atoms with Gasteiger partial charge >= 0.3 is 0 Å². The highest BCUT2D eigenvalue weighted by Gasteiger charge is 2.39. The zero-order valence-corrected chi connectivity index (χ0v) is 16.0. The Hall–Kier alpha value is -2.96. The summed E-state index contributed by atoms with van der Waals surface area (Å²) in [6.07, 6.45) is 0.334. The van der Waals surface area contributed by atoms with E-state index in [2.05, 4.69) is 5.32 Å². The van der Waals surface area contributed by atoms with Crippen molar-refractivity contribution in [1.82, 2.24) is 4.31 Å². The molecule has 0 unspecified atom stereocenters. The first-order valence-electron chi connectivity index (χ1n) is 9.05. The van der Waals surface area contributed by atoms with Crippen LogP contribution in [0.15, 0.2) is 89.8 Å². The average molecular weight is 392 g/mol. The van der Waals surface area contributed by atoms with E-state index in [-0.39, 0.29) is 17.3 Å². The molecule has 1 aliphatic rings. The molecule has 0 aliphatic carbocycles. The van der Waals surface area contributed by atoms with Gasteiger partial charge in [-0.25, -0.2) is 8.42 Å². The summed E-state index contributed by atoms with van der Waals surface area (Å²) in [5.41, 5.74) is 2.56. The number of para-hydroxylation sites is 1. The second kappa shape index (κ2) is 7.58. The topological polar surface area (TPSA) is 66.5 Å². The van der Waals surface area contributed by atoms with Crippen LogP contribution in [0.4, 0.5) is 5.69 Å². The lowest BCUT2D eigenvalue weighted by Crippen LogP contribution is -2.50. The zero-order valence-electron chi connectivity index (χ0n) is 15.2. The highest BCUT2D eigenvalue weighted by Crippen LogP contribution is 2.29. The van der Waals surface area contributed by atoms with E-state index in [9.17, 15) is 13.2 Å². The lowest BCUT2D eigenvalue weighted by Gasteiger charge is -2.35. The Morgan fingerprint density at radius 3 is 2.07 bits per heavy atom. The fourth-order valence-corrected chi connectivity index (χ4v) is 5.04. The summed E-state index contributed by atoms with van der Waals surface area (Å²) in [6, 6.07) is 24.2. The van der Waals surface area contributed by atoms with E-state index in [1.165, 1.54) is 4.31 Å². The van der Waals surface area contributed by atoms with Crippen molar-refractivity contribution in [2.24, 2.45) is 0 Å². The minimum atomic E-state index is -3.82. The van der Waals surface area contributed by atoms with Crippen LogP contribution in [0.1, 0.15) is 11.1 Å². The van der Waals surface area contributed by atoms with Gasteiger partial charge in [-0.15, -0.1) is 0 Å². The Bertz CT molecular complexity index is 1080. The SMILES string of the molecule is O=C(Nc1ccccc1)[C@@H]1Cc2ccccc2CN1S(=O)(=O)c1ccccc1. The summed E-state index contributed by atoms with van der Waals surface area (Å²) < 4.78 is 27.9. The van der Waals surface area contributed by atoms with Gasteiger partial charge in [-0.2, -0.15) is 4.31 Å². The third-order valence-corrected chi connectivity index (χ3v) is 6.77. The molecule has 0 bridgehead atoms. The van der Waals surface area contributed by atoms with Gasteiger partial charge in [0.15, 0.2) is 0 Å². The molecule has 1 amide bonds. The molecule has 6 heteroatoms. The number of amides is 1. The van der Waals surface area contributed by atoms with Crippen molar-refractivity contribution in [2.75, 3.05) is 5.32 Å². The molecule has 3 aromatic carbocycles. The van der Waals surface area contributed by atoms with Crippen molar-refractivity contribution in [3.63, 3.8) is 0 Å². The lowest BCUT2D eigenvalue weighted by atomic mass is 9.95. The first-order chi connectivity index (χ1) is 13.6. The first kappa shape index (κ1) is 18.4. The molecule has 28 heavy (non-hydrogen) atoms. The third kappa shape index (κ3) is 3.56. The normalized spacial score (nSPS) is 16.9. The van der Waals surface area contributed by atoms with Gasteiger partial charge in [-0.1, -0.05) is 60.7 Å². The van der Waals surface area contributed by atoms with Crippen LogP contribution >= 0.6 is 0 Å². The molecule has 142 valence electrons. The number of hydrogen-bond donors (Lipinski definition) is 1. The lowest BCUT2D eigenvalue weighted by molar-refractivity contribution is -0.120. The van der Waals surface area contributed by atoms with Crippen LogP contribution in [0, 0.1) is 0 Å². The number of benzene rings is 3. The first-order valence-corrected chi connectivity index (χ1v) is 10.5. The number of carbonyl (C=O) groups excluding carboxylic acids is 1. The van der Waals surface area contributed by atoms with Gasteiger partial charge in [0.2, 0.25) is 15.9 Å². The Morgan fingerprint density at radius 1 is 0.821 bits per heavy atom. The van der Waals surface area contributed by atoms with Gasteiger partial charge < -0.3 is 5.32 Å². The standard InChI is InChI=1S/C22H20N2O3S/c25-22(23-19-11-3-1-4-12-19)21-15-17-9-7-8-10-18(17)16-24(21)28(26,27)20-13-5-2-6-14-20/h1-14,21H,15-16H2,(H,23,25)/t21-/m0/s1. The molecule has 3 aromatic rings. The minimum absolute atomic E-state index is 0.167. The third-order valence-electron chi connectivity index (χ3n) is 4.90. The fraction of sp³-hybridized carbons (Fsp3) is 0.136. The van der Waals surface area contributed by atoms with Gasteiger partial charge in [-0.3, -0.25) is 4.79 Å². The van der Waals surface area contributed by atoms with Gasteiger partial charge in [0.25, 0.3) is 0 Å². The molecule has 0 fully saturated rings. The number of rotatable bonds is 4. The number of carbonyl (C=O) groups is 1. The maximum absolute atomic E-state index is 13.3. The molecular weight excluding hydrogens is 372 g/mol. The van der Waals surface area contributed by atoms with Crippen LogP contribution in [0.25, 0.3) is 0 Å². The van der Waals surface area contributed by atoms with Crippen molar-refractivity contribution in [1.29, 1.82) is 0 Å². The van der Waals surface area contributed by atoms with Gasteiger partial charge in [-0.05, 0) is 41.8 Å². The van der Waals surface area contributed by atoms with Crippen molar-refractivity contribution in [2.45, 2.75) is 23.9 Å². The largest absolute Gasteiger partial charge is 0.325 e. The van der Waals surface area contributed by atoms with Crippen LogP contribution in [-0.4, -0.2) is 24.7 Å². The highest BCUT2D eigenvalue weighted by molar-refractivity contribution is 7.89. The molecule has 0 saturated heterocycles. The number of fused-ring (bicyclic) bond motifs is 1. The van der Waals surface area contributed by atoms with Gasteiger partial charge in [0.05, 0.1) is 4.90 Å². The minimum Gasteiger partial charge on any atom is -0.325 e. The van der Waals surface area contributed by atoms with E-state index in [1.54, 1.807) is 42.5 Å². The van der Waals surface area contributed by atoms with E-state index in [1.807, 2.05) is 42.5 Å². The van der Waals surface area contributed by atoms with E-state index in [0.29, 0.717) is 12.1 Å². The molecule has 5 nitrogen and oxygen atoms in total. The van der Waals surface area contributed by atoms with Crippen molar-refractivity contribution >= 4 is 21.6 Å². The van der Waals surface area contributed by atoms with Crippen LogP contribution in [0.3, 0.4) is 0 Å². The molecule has 4 rings (SSSR count). The summed E-state index contributed by atoms with van der Waals surface area (Å²) in [4.78, 5) is 13.2. The Balaban J connectivity index is 1.72. The summed E-state index contributed by atoms with van der Waals surface area (Å²) >= 11 is 0. The monoisotopic (exact) mass is 392 g/mol. The molecule has 1 heterocycles. The number of hydrogen-bond acceptors (Lipinski definition) is 3. The number of nitrogens with zero attached hydrogens (tertiary/aromatic N) is 1. The van der Waals surface area contributed by atoms with E-state index in [0.717, 1.165) is 11.1 Å². The van der Waals surface area contributed by atoms with Crippen LogP contribution < -0.4 is 5.32 Å². The predicted octanol–water partition coefficient (Wildman–Crippen LogP) is 3.44. The Kier molecular flexibility index (Phi) is 4.98. The second-order valence-corrected chi connectivity index (χ2v) is 8.60. The summed E-state index contributed by atoms with van der Waals surface area (Å²) in [5, 5.41) is 2.85. The Labute approximate surface area is 164 Å². The predicted molar refractivity (Wildman–Crippen MR) is 108 cm³/mol. The second-order valence-electron chi connectivity index (χ2n) is 6.71. The molecular formula is C22H20N2O3S. The maximum atomic E-state index is 13.3. The van der Waals surface area contributed by atoms with E-state index < -0.39 is 16.1 Å². The number of sulfonamides is 1. The molecule has 0 saturated carbocycles. The Morgan fingerprint density at radius 2 is 1.39 bits per heavy atom. The maximum Gasteiger partial charge on any atom is 0.244 e. The summed E-state index contributed by atoms with van der Waals surface area (Å²) in [6.45, 7) is 0.167. The van der Waals surface area contributed by atoms with Crippen LogP contribution in [0.5, 0.6) is 0 Å². The quantitative estimate of drug-likeness (QED) is 0.740. The summed E-state index contributed by atoms with van der Waals surface area (Å²) in [5.74, 6) is -0.333.